The van der Waals surface area contributed by atoms with E-state index >= 15 is 0 Å². The molecule has 0 saturated heterocycles. The molecule has 0 spiro atoms. The Kier molecular flexibility index (Phi) is 6.31. The Morgan fingerprint density at radius 1 is 0.969 bits per heavy atom. The van der Waals surface area contributed by atoms with Crippen molar-refractivity contribution in [2.24, 2.45) is 0 Å². The summed E-state index contributed by atoms with van der Waals surface area (Å²) in [7, 11) is -0.0572. The molecule has 0 amide bonds. The standard InChI is InChI=1S/C29H37NOSi/c1-6-28(26-21-20-24-25(30(26)5)18-13-19-27(24)31)32(29(2,3)4,22-14-9-7-10-15-22)23-16-11-8-12-17-23/h7-12,14-17,20-21,26,28H,6,13,18-19H2,1-5H3/t26-,28-/m1/s1. The lowest BCUT2D eigenvalue weighted by Crippen LogP contribution is -2.69. The molecule has 1 heterocycles. The first-order chi connectivity index (χ1) is 15.3. The van der Waals surface area contributed by atoms with Gasteiger partial charge in [-0.05, 0) is 23.4 Å². The van der Waals surface area contributed by atoms with Crippen molar-refractivity contribution in [3.05, 3.63) is 84.1 Å². The van der Waals surface area contributed by atoms with Gasteiger partial charge in [0.25, 0.3) is 0 Å². The van der Waals surface area contributed by atoms with Crippen LogP contribution in [0.25, 0.3) is 0 Å². The van der Waals surface area contributed by atoms with Gasteiger partial charge in [-0.3, -0.25) is 4.79 Å². The molecule has 2 aromatic rings. The second-order valence-corrected chi connectivity index (χ2v) is 15.4. The minimum atomic E-state index is -2.28. The zero-order valence-electron chi connectivity index (χ0n) is 20.3. The maximum Gasteiger partial charge on any atom is 0.164 e. The maximum absolute atomic E-state index is 12.6. The van der Waals surface area contributed by atoms with E-state index in [1.807, 2.05) is 0 Å². The molecule has 2 atom stereocenters. The minimum absolute atomic E-state index is 0.113. The van der Waals surface area contributed by atoms with Crippen LogP contribution in [0.3, 0.4) is 0 Å². The first kappa shape index (κ1) is 22.8. The largest absolute Gasteiger partial charge is 0.371 e. The van der Waals surface area contributed by atoms with Crippen molar-refractivity contribution >= 4 is 24.2 Å². The van der Waals surface area contributed by atoms with E-state index in [0.29, 0.717) is 17.7 Å². The molecule has 0 unspecified atom stereocenters. The molecule has 2 aliphatic rings. The fourth-order valence-corrected chi connectivity index (χ4v) is 13.5. The number of Topliss-reactive ketones (excluding diaryl/α,β-unsaturated/α-hetero) is 1. The molecular weight excluding hydrogens is 406 g/mol. The Morgan fingerprint density at radius 3 is 2.03 bits per heavy atom. The number of rotatable bonds is 5. The number of carbonyl (C=O) groups is 1. The Balaban J connectivity index is 1.93. The normalized spacial score (nSPS) is 20.3. The summed E-state index contributed by atoms with van der Waals surface area (Å²) in [4.78, 5) is 15.1. The summed E-state index contributed by atoms with van der Waals surface area (Å²) in [6, 6.07) is 22.9. The highest BCUT2D eigenvalue weighted by molar-refractivity contribution is 7.05. The van der Waals surface area contributed by atoms with Crippen LogP contribution < -0.4 is 10.4 Å². The molecule has 1 aliphatic carbocycles. The summed E-state index contributed by atoms with van der Waals surface area (Å²) in [5, 5.41) is 3.13. The van der Waals surface area contributed by atoms with E-state index in [-0.39, 0.29) is 11.1 Å². The molecule has 2 aromatic carbocycles. The SMILES string of the molecule is CC[C@H]([C@H]1C=CC2=C(CCCC2=O)N1C)[Si](c1ccccc1)(c1ccccc1)C(C)(C)C. The minimum Gasteiger partial charge on any atom is -0.371 e. The summed E-state index contributed by atoms with van der Waals surface area (Å²) in [6.45, 7) is 9.71. The average Bonchev–Trinajstić information content (AvgIpc) is 2.79. The third kappa shape index (κ3) is 3.61. The lowest BCUT2D eigenvalue weighted by atomic mass is 9.89. The highest BCUT2D eigenvalue weighted by atomic mass is 28.3. The smallest absolute Gasteiger partial charge is 0.164 e. The molecule has 168 valence electrons. The van der Waals surface area contributed by atoms with E-state index in [2.05, 4.69) is 112 Å². The van der Waals surface area contributed by atoms with Gasteiger partial charge in [0.1, 0.15) is 8.07 Å². The van der Waals surface area contributed by atoms with Gasteiger partial charge in [-0.1, -0.05) is 117 Å². The van der Waals surface area contributed by atoms with Crippen LogP contribution in [0.4, 0.5) is 0 Å². The highest BCUT2D eigenvalue weighted by Gasteiger charge is 2.55. The summed E-state index contributed by atoms with van der Waals surface area (Å²) >= 11 is 0. The first-order valence-corrected chi connectivity index (χ1v) is 14.2. The zero-order chi connectivity index (χ0) is 22.9. The van der Waals surface area contributed by atoms with Crippen molar-refractivity contribution in [3.63, 3.8) is 0 Å². The molecule has 0 fully saturated rings. The molecule has 1 aliphatic heterocycles. The van der Waals surface area contributed by atoms with Crippen LogP contribution in [0.1, 0.15) is 53.4 Å². The van der Waals surface area contributed by atoms with E-state index in [9.17, 15) is 4.79 Å². The van der Waals surface area contributed by atoms with E-state index in [1.54, 1.807) is 0 Å². The number of hydrogen-bond acceptors (Lipinski definition) is 2. The predicted molar refractivity (Wildman–Crippen MR) is 138 cm³/mol. The molecule has 3 heteroatoms. The zero-order valence-corrected chi connectivity index (χ0v) is 21.3. The Labute approximate surface area is 195 Å². The van der Waals surface area contributed by atoms with Crippen molar-refractivity contribution < 1.29 is 4.79 Å². The van der Waals surface area contributed by atoms with Gasteiger partial charge in [0, 0.05) is 30.8 Å². The summed E-state index contributed by atoms with van der Waals surface area (Å²) < 4.78 is 0. The van der Waals surface area contributed by atoms with Crippen LogP contribution in [-0.4, -0.2) is 31.8 Å². The van der Waals surface area contributed by atoms with E-state index in [4.69, 9.17) is 0 Å². The number of carbonyl (C=O) groups excluding carboxylic acids is 1. The fraction of sp³-hybridized carbons (Fsp3) is 0.414. The first-order valence-electron chi connectivity index (χ1n) is 12.1. The predicted octanol–water partition coefficient (Wildman–Crippen LogP) is 5.71. The van der Waals surface area contributed by atoms with Gasteiger partial charge in [-0.2, -0.15) is 0 Å². The third-order valence-corrected chi connectivity index (χ3v) is 14.5. The lowest BCUT2D eigenvalue weighted by Gasteiger charge is -2.53. The van der Waals surface area contributed by atoms with Crippen molar-refractivity contribution in [3.8, 4) is 0 Å². The van der Waals surface area contributed by atoms with Crippen molar-refractivity contribution in [2.75, 3.05) is 7.05 Å². The van der Waals surface area contributed by atoms with E-state index in [1.165, 1.54) is 16.1 Å². The van der Waals surface area contributed by atoms with Crippen molar-refractivity contribution in [2.45, 2.75) is 70.0 Å². The van der Waals surface area contributed by atoms with Crippen LogP contribution >= 0.6 is 0 Å². The number of nitrogens with zero attached hydrogens (tertiary/aromatic N) is 1. The number of hydrogen-bond donors (Lipinski definition) is 0. The summed E-state index contributed by atoms with van der Waals surface area (Å²) in [5.41, 5.74) is 2.68. The number of benzene rings is 2. The fourth-order valence-electron chi connectivity index (χ4n) is 6.53. The molecule has 0 aromatic heterocycles. The molecule has 2 nitrogen and oxygen atoms in total. The quantitative estimate of drug-likeness (QED) is 0.552. The van der Waals surface area contributed by atoms with E-state index in [0.717, 1.165) is 24.8 Å². The van der Waals surface area contributed by atoms with Crippen LogP contribution in [0.15, 0.2) is 84.1 Å². The van der Waals surface area contributed by atoms with Crippen molar-refractivity contribution in [1.82, 2.24) is 4.90 Å². The summed E-state index contributed by atoms with van der Waals surface area (Å²) in [6.07, 6.45) is 8.27. The topological polar surface area (TPSA) is 20.3 Å². The number of ketones is 1. The highest BCUT2D eigenvalue weighted by Crippen LogP contribution is 2.48. The van der Waals surface area contributed by atoms with Gasteiger partial charge in [0.15, 0.2) is 5.78 Å². The summed E-state index contributed by atoms with van der Waals surface area (Å²) in [5.74, 6) is 0.311. The van der Waals surface area contributed by atoms with Gasteiger partial charge in [0.05, 0.1) is 0 Å². The third-order valence-electron chi connectivity index (χ3n) is 7.81. The van der Waals surface area contributed by atoms with E-state index < -0.39 is 8.07 Å². The maximum atomic E-state index is 12.6. The van der Waals surface area contributed by atoms with Gasteiger partial charge < -0.3 is 4.90 Å². The average molecular weight is 444 g/mol. The lowest BCUT2D eigenvalue weighted by molar-refractivity contribution is -0.116. The number of allylic oxidation sites excluding steroid dienone is 3. The molecular formula is C29H37NOSi. The molecule has 32 heavy (non-hydrogen) atoms. The van der Waals surface area contributed by atoms with Crippen molar-refractivity contribution in [1.29, 1.82) is 0 Å². The van der Waals surface area contributed by atoms with Crippen LogP contribution in [0.2, 0.25) is 10.6 Å². The molecule has 0 bridgehead atoms. The Bertz CT molecular complexity index is 977. The van der Waals surface area contributed by atoms with Crippen LogP contribution in [0.5, 0.6) is 0 Å². The second kappa shape index (κ2) is 8.86. The monoisotopic (exact) mass is 443 g/mol. The van der Waals surface area contributed by atoms with Crippen LogP contribution in [-0.2, 0) is 4.79 Å². The molecule has 4 rings (SSSR count). The van der Waals surface area contributed by atoms with Gasteiger partial charge in [-0.15, -0.1) is 0 Å². The van der Waals surface area contributed by atoms with Gasteiger partial charge >= 0.3 is 0 Å². The van der Waals surface area contributed by atoms with Gasteiger partial charge in [-0.25, -0.2) is 0 Å². The molecule has 0 N–H and O–H groups in total. The Hall–Kier alpha value is -2.39. The molecule has 0 saturated carbocycles. The second-order valence-electron chi connectivity index (χ2n) is 10.4. The van der Waals surface area contributed by atoms with Gasteiger partial charge in [0.2, 0.25) is 0 Å². The molecule has 0 radical (unpaired) electrons. The number of likely N-dealkylation sites (N-methyl/N-ethyl adjacent to an activating group) is 1. The van der Waals surface area contributed by atoms with Crippen LogP contribution in [0, 0.1) is 0 Å². The Morgan fingerprint density at radius 2 is 1.53 bits per heavy atom.